The second-order valence-corrected chi connectivity index (χ2v) is 2.16. The van der Waals surface area contributed by atoms with E-state index in [1.165, 1.54) is 25.3 Å². The zero-order valence-electron chi connectivity index (χ0n) is 6.57. The zero-order chi connectivity index (χ0) is 8.97. The molecule has 0 aromatic heterocycles. The summed E-state index contributed by atoms with van der Waals surface area (Å²) in [5.74, 6) is 0.564. The summed E-state index contributed by atoms with van der Waals surface area (Å²) >= 11 is 0. The molecule has 0 fully saturated rings. The van der Waals surface area contributed by atoms with Gasteiger partial charge in [0, 0.05) is 0 Å². The first-order valence-corrected chi connectivity index (χ1v) is 3.36. The Labute approximate surface area is 69.8 Å². The Balaban J connectivity index is 3.35. The lowest BCUT2D eigenvalue weighted by Gasteiger charge is -1.90. The van der Waals surface area contributed by atoms with Crippen LogP contribution in [-0.2, 0) is 0 Å². The predicted molar refractivity (Wildman–Crippen MR) is 44.0 cm³/mol. The highest BCUT2D eigenvalue weighted by Crippen LogP contribution is 2.05. The molecule has 0 saturated heterocycles. The summed E-state index contributed by atoms with van der Waals surface area (Å²) < 4.78 is 4.88. The van der Waals surface area contributed by atoms with E-state index in [1.807, 2.05) is 0 Å². The highest BCUT2D eigenvalue weighted by atomic mass is 16.5. The molecule has 0 aliphatic carbocycles. The smallest absolute Gasteiger partial charge is 0.196 e. The average molecular weight is 161 g/mol. The predicted octanol–water partition coefficient (Wildman–Crippen LogP) is 0.927. The number of nitriles is 1. The van der Waals surface area contributed by atoms with E-state index in [9.17, 15) is 4.79 Å². The van der Waals surface area contributed by atoms with E-state index in [0.29, 0.717) is 5.75 Å². The largest absolute Gasteiger partial charge is 0.497 e. The summed E-state index contributed by atoms with van der Waals surface area (Å²) in [5, 5.41) is 8.50. The van der Waals surface area contributed by atoms with Gasteiger partial charge in [0.25, 0.3) is 0 Å². The molecular formula is C9H7NO2. The van der Waals surface area contributed by atoms with Crippen molar-refractivity contribution >= 4 is 0 Å². The fraction of sp³-hybridized carbons (Fsp3) is 0.111. The summed E-state index contributed by atoms with van der Waals surface area (Å²) in [4.78, 5) is 11.0. The van der Waals surface area contributed by atoms with Crippen molar-refractivity contribution in [3.05, 3.63) is 40.1 Å². The minimum atomic E-state index is -0.291. The van der Waals surface area contributed by atoms with Crippen LogP contribution in [0.15, 0.2) is 29.1 Å². The van der Waals surface area contributed by atoms with Gasteiger partial charge in [-0.1, -0.05) is 0 Å². The van der Waals surface area contributed by atoms with Gasteiger partial charge in [0.2, 0.25) is 0 Å². The third-order valence-corrected chi connectivity index (χ3v) is 1.43. The van der Waals surface area contributed by atoms with Gasteiger partial charge in [0.1, 0.15) is 11.8 Å². The van der Waals surface area contributed by atoms with Gasteiger partial charge in [-0.3, -0.25) is 4.79 Å². The highest BCUT2D eigenvalue weighted by Gasteiger charge is 1.94. The molecule has 0 amide bonds. The maximum absolute atomic E-state index is 11.0. The third kappa shape index (κ3) is 1.61. The molecule has 0 radical (unpaired) electrons. The van der Waals surface area contributed by atoms with Crippen LogP contribution in [-0.4, -0.2) is 7.11 Å². The van der Waals surface area contributed by atoms with Crippen LogP contribution < -0.4 is 10.2 Å². The van der Waals surface area contributed by atoms with Gasteiger partial charge in [-0.15, -0.1) is 0 Å². The van der Waals surface area contributed by atoms with E-state index < -0.39 is 0 Å². The molecule has 0 aliphatic heterocycles. The maximum atomic E-state index is 11.0. The number of hydrogen-bond acceptors (Lipinski definition) is 3. The number of hydrogen-bond donors (Lipinski definition) is 0. The Morgan fingerprint density at radius 1 is 1.33 bits per heavy atom. The van der Waals surface area contributed by atoms with Gasteiger partial charge >= 0.3 is 0 Å². The molecule has 1 aromatic rings. The Morgan fingerprint density at radius 3 is 2.58 bits per heavy atom. The molecule has 12 heavy (non-hydrogen) atoms. The van der Waals surface area contributed by atoms with Crippen LogP contribution >= 0.6 is 0 Å². The maximum Gasteiger partial charge on any atom is 0.196 e. The molecule has 3 heteroatoms. The Hall–Kier alpha value is -1.82. The molecular weight excluding hydrogens is 154 g/mol. The second kappa shape index (κ2) is 3.54. The lowest BCUT2D eigenvalue weighted by atomic mass is 10.3. The Morgan fingerprint density at radius 2 is 2.00 bits per heavy atom. The quantitative estimate of drug-likeness (QED) is 0.615. The van der Waals surface area contributed by atoms with E-state index in [-0.39, 0.29) is 11.0 Å². The van der Waals surface area contributed by atoms with Gasteiger partial charge in [-0.05, 0) is 24.3 Å². The first-order chi connectivity index (χ1) is 5.77. The minimum Gasteiger partial charge on any atom is -0.497 e. The van der Waals surface area contributed by atoms with E-state index in [2.05, 4.69) is 0 Å². The van der Waals surface area contributed by atoms with Gasteiger partial charge < -0.3 is 4.74 Å². The monoisotopic (exact) mass is 161 g/mol. The molecule has 0 aliphatic rings. The van der Waals surface area contributed by atoms with Crippen LogP contribution in [0, 0.1) is 11.3 Å². The van der Waals surface area contributed by atoms with E-state index in [0.717, 1.165) is 0 Å². The van der Waals surface area contributed by atoms with Crippen molar-refractivity contribution in [2.24, 2.45) is 0 Å². The molecule has 60 valence electrons. The Bertz CT molecular complexity index is 379. The zero-order valence-corrected chi connectivity index (χ0v) is 6.57. The van der Waals surface area contributed by atoms with Crippen molar-refractivity contribution in [2.45, 2.75) is 0 Å². The van der Waals surface area contributed by atoms with Crippen LogP contribution in [0.3, 0.4) is 0 Å². The normalized spacial score (nSPS) is 8.67. The fourth-order valence-corrected chi connectivity index (χ4v) is 0.779. The molecule has 0 saturated carbocycles. The van der Waals surface area contributed by atoms with Crippen molar-refractivity contribution in [3.8, 4) is 11.8 Å². The summed E-state index contributed by atoms with van der Waals surface area (Å²) in [6, 6.07) is 7.68. The van der Waals surface area contributed by atoms with Crippen LogP contribution in [0.5, 0.6) is 5.75 Å². The van der Waals surface area contributed by atoms with Gasteiger partial charge in [0.05, 0.1) is 12.7 Å². The van der Waals surface area contributed by atoms with Crippen LogP contribution in [0.4, 0.5) is 0 Å². The van der Waals surface area contributed by atoms with E-state index >= 15 is 0 Å². The summed E-state index contributed by atoms with van der Waals surface area (Å²) in [5.41, 5.74) is -0.167. The molecule has 1 aromatic carbocycles. The van der Waals surface area contributed by atoms with Gasteiger partial charge in [0.15, 0.2) is 5.43 Å². The fourth-order valence-electron chi connectivity index (χ4n) is 0.779. The third-order valence-electron chi connectivity index (χ3n) is 1.43. The van der Waals surface area contributed by atoms with Crippen molar-refractivity contribution in [2.75, 3.05) is 7.11 Å². The van der Waals surface area contributed by atoms with Crippen molar-refractivity contribution in [3.63, 3.8) is 0 Å². The van der Waals surface area contributed by atoms with Gasteiger partial charge in [-0.25, -0.2) is 0 Å². The van der Waals surface area contributed by atoms with E-state index in [1.54, 1.807) is 12.1 Å². The summed E-state index contributed by atoms with van der Waals surface area (Å²) in [6.45, 7) is 0. The topological polar surface area (TPSA) is 50.1 Å². The van der Waals surface area contributed by atoms with Crippen LogP contribution in [0.2, 0.25) is 0 Å². The lowest BCUT2D eigenvalue weighted by molar-refractivity contribution is 0.415. The number of methoxy groups -OCH3 is 1. The molecule has 0 atom stereocenters. The minimum absolute atomic E-state index is 0.123. The first kappa shape index (κ1) is 8.28. The van der Waals surface area contributed by atoms with Crippen molar-refractivity contribution in [1.82, 2.24) is 0 Å². The standard InChI is InChI=1S/C9H7NO2/c1-12-8-3-2-7(6-10)9(11)5-4-8/h2-5H,1H3. The SMILES string of the molecule is COc1ccc(C#N)c(=O)cc1. The van der Waals surface area contributed by atoms with Crippen molar-refractivity contribution < 1.29 is 4.74 Å². The average Bonchev–Trinajstić information content (AvgIpc) is 2.27. The highest BCUT2D eigenvalue weighted by molar-refractivity contribution is 5.32. The second-order valence-electron chi connectivity index (χ2n) is 2.16. The number of ether oxygens (including phenoxy) is 1. The van der Waals surface area contributed by atoms with Crippen LogP contribution in [0.1, 0.15) is 5.56 Å². The van der Waals surface area contributed by atoms with Crippen LogP contribution in [0.25, 0.3) is 0 Å². The van der Waals surface area contributed by atoms with Crippen molar-refractivity contribution in [1.29, 1.82) is 5.26 Å². The van der Waals surface area contributed by atoms with E-state index in [4.69, 9.17) is 10.00 Å². The number of nitrogens with zero attached hydrogens (tertiary/aromatic N) is 1. The molecule has 0 spiro atoms. The number of rotatable bonds is 1. The molecule has 0 N–H and O–H groups in total. The molecule has 0 heterocycles. The lowest BCUT2D eigenvalue weighted by Crippen LogP contribution is -1.98. The molecule has 3 nitrogen and oxygen atoms in total. The molecule has 0 bridgehead atoms. The summed E-state index contributed by atoms with van der Waals surface area (Å²) in [7, 11) is 1.51. The summed E-state index contributed by atoms with van der Waals surface area (Å²) in [6.07, 6.45) is 0. The Kier molecular flexibility index (Phi) is 2.44. The molecule has 1 rings (SSSR count). The first-order valence-electron chi connectivity index (χ1n) is 3.36. The van der Waals surface area contributed by atoms with Gasteiger partial charge in [-0.2, -0.15) is 5.26 Å². The molecule has 0 unspecified atom stereocenters.